The molecule has 2 aliphatic carbocycles. The van der Waals surface area contributed by atoms with E-state index in [1.54, 1.807) is 13.0 Å². The number of nitrogens with zero attached hydrogens (tertiary/aromatic N) is 2. The fourth-order valence-corrected chi connectivity index (χ4v) is 7.16. The lowest BCUT2D eigenvalue weighted by atomic mass is 10.1. The van der Waals surface area contributed by atoms with E-state index in [-0.39, 0.29) is 30.7 Å². The standard InChI is InChI=1S/C31H39ClN4O7S/c1-18-14-27(23-9-7-10-25(32)28(23)34-18)43-21-16-26(29(33)37)36(17-21)31(39)19(2)42-13-6-4-3-5-8-20-15-24(20)30(38)35-44(40,41)22-11-12-22/h5,7-10,14,19-22,24,26H,3-4,6,11-13,15-17H2,1-2H3,(H2,33,37)(H,35,38). The Balaban J connectivity index is 1.04. The third kappa shape index (κ3) is 7.70. The molecule has 44 heavy (non-hydrogen) atoms. The minimum atomic E-state index is -3.50. The van der Waals surface area contributed by atoms with Gasteiger partial charge in [0.05, 0.1) is 22.3 Å². The zero-order valence-corrected chi connectivity index (χ0v) is 26.5. The Bertz CT molecular complexity index is 1560. The van der Waals surface area contributed by atoms with Gasteiger partial charge in [0.1, 0.15) is 24.0 Å². The van der Waals surface area contributed by atoms with E-state index in [1.165, 1.54) is 4.90 Å². The van der Waals surface area contributed by atoms with Gasteiger partial charge in [0.2, 0.25) is 21.8 Å². The first-order chi connectivity index (χ1) is 20.9. The minimum absolute atomic E-state index is 0.0730. The van der Waals surface area contributed by atoms with Crippen molar-refractivity contribution >= 4 is 50.2 Å². The van der Waals surface area contributed by atoms with E-state index in [1.807, 2.05) is 37.3 Å². The maximum Gasteiger partial charge on any atom is 0.252 e. The molecule has 1 aromatic heterocycles. The number of carbonyl (C=O) groups excluding carboxylic acids is 3. The molecule has 5 atom stereocenters. The molecule has 5 rings (SSSR count). The number of fused-ring (bicyclic) bond motifs is 1. The lowest BCUT2D eigenvalue weighted by Gasteiger charge is -2.25. The summed E-state index contributed by atoms with van der Waals surface area (Å²) < 4.78 is 38.2. The summed E-state index contributed by atoms with van der Waals surface area (Å²) in [6.45, 7) is 4.07. The number of unbranched alkanes of at least 4 members (excludes halogenated alkanes) is 2. The topological polar surface area (TPSA) is 158 Å². The zero-order chi connectivity index (χ0) is 31.6. The molecule has 13 heteroatoms. The van der Waals surface area contributed by atoms with Gasteiger partial charge in [0.25, 0.3) is 5.91 Å². The first-order valence-electron chi connectivity index (χ1n) is 15.1. The molecule has 2 heterocycles. The van der Waals surface area contributed by atoms with Crippen LogP contribution in [0.4, 0.5) is 0 Å². The number of nitrogens with one attached hydrogen (secondary N) is 1. The molecule has 5 unspecified atom stereocenters. The second-order valence-corrected chi connectivity index (χ2v) is 14.3. The Hall–Kier alpha value is -3.22. The fourth-order valence-electron chi connectivity index (χ4n) is 5.58. The summed E-state index contributed by atoms with van der Waals surface area (Å²) in [5.74, 6) is -0.940. The van der Waals surface area contributed by atoms with E-state index in [4.69, 9.17) is 26.8 Å². The predicted molar refractivity (Wildman–Crippen MR) is 165 cm³/mol. The van der Waals surface area contributed by atoms with Gasteiger partial charge >= 0.3 is 0 Å². The molecule has 3 N–H and O–H groups in total. The molecule has 3 aliphatic rings. The van der Waals surface area contributed by atoms with Crippen LogP contribution >= 0.6 is 11.6 Å². The van der Waals surface area contributed by atoms with Crippen molar-refractivity contribution in [2.75, 3.05) is 13.2 Å². The van der Waals surface area contributed by atoms with Crippen molar-refractivity contribution in [3.63, 3.8) is 0 Å². The number of sulfonamides is 1. The van der Waals surface area contributed by atoms with Crippen molar-refractivity contribution in [2.24, 2.45) is 17.6 Å². The number of benzene rings is 1. The average molecular weight is 647 g/mol. The number of aryl methyl sites for hydroxylation is 1. The molecule has 1 saturated heterocycles. The number of hydrogen-bond donors (Lipinski definition) is 2. The first-order valence-corrected chi connectivity index (χ1v) is 17.0. The van der Waals surface area contributed by atoms with Crippen LogP contribution in [0.25, 0.3) is 10.9 Å². The zero-order valence-electron chi connectivity index (χ0n) is 24.9. The normalized spacial score (nSPS) is 24.0. The Morgan fingerprint density at radius 1 is 1.23 bits per heavy atom. The van der Waals surface area contributed by atoms with Crippen molar-refractivity contribution in [1.82, 2.24) is 14.6 Å². The van der Waals surface area contributed by atoms with Gasteiger partial charge in [-0.2, -0.15) is 0 Å². The van der Waals surface area contributed by atoms with Crippen LogP contribution in [-0.4, -0.2) is 72.7 Å². The second kappa shape index (κ2) is 13.4. The lowest BCUT2D eigenvalue weighted by molar-refractivity contribution is -0.146. The SMILES string of the molecule is Cc1cc(OC2CC(C(N)=O)N(C(=O)C(C)OCCCCC=CC3CC3C(=O)NS(=O)(=O)C3CC3)C2)c2cccc(Cl)c2n1. The number of amides is 3. The van der Waals surface area contributed by atoms with E-state index >= 15 is 0 Å². The van der Waals surface area contributed by atoms with Crippen LogP contribution in [0.1, 0.15) is 57.6 Å². The van der Waals surface area contributed by atoms with Gasteiger partial charge in [-0.05, 0) is 70.4 Å². The fraction of sp³-hybridized carbons (Fsp3) is 0.548. The number of allylic oxidation sites excluding steroid dienone is 2. The van der Waals surface area contributed by atoms with Gasteiger partial charge in [-0.1, -0.05) is 29.8 Å². The van der Waals surface area contributed by atoms with Crippen molar-refractivity contribution in [2.45, 2.75) is 82.3 Å². The number of carbonyl (C=O) groups is 3. The summed E-state index contributed by atoms with van der Waals surface area (Å²) in [7, 11) is -3.50. The van der Waals surface area contributed by atoms with Crippen LogP contribution in [-0.2, 0) is 29.1 Å². The third-order valence-electron chi connectivity index (χ3n) is 8.29. The summed E-state index contributed by atoms with van der Waals surface area (Å²) >= 11 is 6.34. The number of halogens is 1. The molecule has 0 bridgehead atoms. The maximum absolute atomic E-state index is 13.3. The largest absolute Gasteiger partial charge is 0.488 e. The molecule has 0 spiro atoms. The molecule has 2 saturated carbocycles. The molecule has 2 aromatic rings. The number of rotatable bonds is 14. The molecule has 1 aliphatic heterocycles. The highest BCUT2D eigenvalue weighted by molar-refractivity contribution is 7.90. The van der Waals surface area contributed by atoms with Crippen LogP contribution in [0.3, 0.4) is 0 Å². The summed E-state index contributed by atoms with van der Waals surface area (Å²) in [4.78, 5) is 43.6. The number of primary amides is 1. The van der Waals surface area contributed by atoms with Crippen molar-refractivity contribution in [3.8, 4) is 5.75 Å². The van der Waals surface area contributed by atoms with Gasteiger partial charge in [0.15, 0.2) is 0 Å². The number of nitrogens with two attached hydrogens (primary N) is 1. The highest BCUT2D eigenvalue weighted by Gasteiger charge is 2.45. The van der Waals surface area contributed by atoms with Crippen molar-refractivity contribution in [3.05, 3.63) is 47.1 Å². The van der Waals surface area contributed by atoms with Crippen LogP contribution in [0.15, 0.2) is 36.4 Å². The summed E-state index contributed by atoms with van der Waals surface area (Å²) in [5.41, 5.74) is 7.02. The smallest absolute Gasteiger partial charge is 0.252 e. The van der Waals surface area contributed by atoms with E-state index in [2.05, 4.69) is 9.71 Å². The van der Waals surface area contributed by atoms with Crippen LogP contribution in [0, 0.1) is 18.8 Å². The number of pyridine rings is 1. The Morgan fingerprint density at radius 2 is 2.00 bits per heavy atom. The van der Waals surface area contributed by atoms with Crippen molar-refractivity contribution in [1.29, 1.82) is 0 Å². The van der Waals surface area contributed by atoms with Gasteiger partial charge < -0.3 is 20.1 Å². The van der Waals surface area contributed by atoms with E-state index in [0.717, 1.165) is 30.3 Å². The van der Waals surface area contributed by atoms with Crippen LogP contribution in [0.5, 0.6) is 5.75 Å². The van der Waals surface area contributed by atoms with Gasteiger partial charge in [-0.25, -0.2) is 8.42 Å². The van der Waals surface area contributed by atoms with Gasteiger partial charge in [-0.3, -0.25) is 24.1 Å². The van der Waals surface area contributed by atoms with Crippen LogP contribution < -0.4 is 15.2 Å². The highest BCUT2D eigenvalue weighted by Crippen LogP contribution is 2.40. The Labute approximate surface area is 262 Å². The number of ether oxygens (including phenoxy) is 2. The maximum atomic E-state index is 13.3. The molecule has 11 nitrogen and oxygen atoms in total. The predicted octanol–water partition coefficient (Wildman–Crippen LogP) is 3.41. The summed E-state index contributed by atoms with van der Waals surface area (Å²) in [5, 5.41) is 0.849. The minimum Gasteiger partial charge on any atom is -0.488 e. The highest BCUT2D eigenvalue weighted by atomic mass is 35.5. The summed E-state index contributed by atoms with van der Waals surface area (Å²) in [6, 6.07) is 6.45. The number of aromatic nitrogens is 1. The molecular weight excluding hydrogens is 608 g/mol. The molecule has 0 radical (unpaired) electrons. The van der Waals surface area contributed by atoms with E-state index < -0.39 is 45.3 Å². The number of hydrogen-bond acceptors (Lipinski definition) is 8. The molecule has 3 amide bonds. The summed E-state index contributed by atoms with van der Waals surface area (Å²) in [6.07, 6.45) is 7.27. The van der Waals surface area contributed by atoms with Gasteiger partial charge in [-0.15, -0.1) is 0 Å². The van der Waals surface area contributed by atoms with Gasteiger partial charge in [0, 0.05) is 36.1 Å². The van der Waals surface area contributed by atoms with Crippen molar-refractivity contribution < 1.29 is 32.3 Å². The van der Waals surface area contributed by atoms with E-state index in [0.29, 0.717) is 42.2 Å². The lowest BCUT2D eigenvalue weighted by Crippen LogP contribution is -2.47. The molecule has 238 valence electrons. The second-order valence-electron chi connectivity index (χ2n) is 11.9. The third-order valence-corrected chi connectivity index (χ3v) is 10.4. The monoisotopic (exact) mass is 646 g/mol. The number of para-hydroxylation sites is 1. The number of likely N-dealkylation sites (tertiary alicyclic amines) is 1. The average Bonchev–Trinajstić information content (AvgIpc) is 3.89. The quantitative estimate of drug-likeness (QED) is 0.233. The molecule has 3 fully saturated rings. The molecule has 1 aromatic carbocycles. The Morgan fingerprint density at radius 3 is 2.73 bits per heavy atom. The molecular formula is C31H39ClN4O7S. The van der Waals surface area contributed by atoms with E-state index in [9.17, 15) is 22.8 Å². The first kappa shape index (κ1) is 32.2. The Kier molecular flexibility index (Phi) is 9.81. The van der Waals surface area contributed by atoms with Crippen LogP contribution in [0.2, 0.25) is 5.02 Å².